The van der Waals surface area contributed by atoms with E-state index >= 15 is 0 Å². The van der Waals surface area contributed by atoms with Crippen molar-refractivity contribution in [2.24, 2.45) is 0 Å². The highest BCUT2D eigenvalue weighted by atomic mass is 35.5. The molecule has 1 aromatic heterocycles. The Kier molecular flexibility index (Phi) is 4.14. The van der Waals surface area contributed by atoms with Gasteiger partial charge in [-0.15, -0.1) is 16.7 Å². The Hall–Kier alpha value is -0.830. The predicted molar refractivity (Wildman–Crippen MR) is 59.8 cm³/mol. The van der Waals surface area contributed by atoms with E-state index in [2.05, 4.69) is 22.4 Å². The lowest BCUT2D eigenvalue weighted by molar-refractivity contribution is 0.691. The third-order valence-electron chi connectivity index (χ3n) is 1.87. The monoisotopic (exact) mass is 213 g/mol. The zero-order chi connectivity index (χ0) is 10.6. The van der Waals surface area contributed by atoms with Gasteiger partial charge >= 0.3 is 0 Å². The van der Waals surface area contributed by atoms with Gasteiger partial charge < -0.3 is 5.32 Å². The first-order chi connectivity index (χ1) is 6.58. The Morgan fingerprint density at radius 3 is 2.57 bits per heavy atom. The number of anilines is 1. The maximum absolute atomic E-state index is 5.89. The fraction of sp³-hybridized carbons (Fsp3) is 0.600. The molecule has 0 aliphatic rings. The summed E-state index contributed by atoms with van der Waals surface area (Å²) in [7, 11) is 0. The molecule has 0 bridgehead atoms. The number of aryl methyl sites for hydroxylation is 1. The molecule has 1 rings (SSSR count). The third kappa shape index (κ3) is 3.92. The molecule has 78 valence electrons. The first-order valence-corrected chi connectivity index (χ1v) is 5.22. The molecule has 3 nitrogen and oxygen atoms in total. The lowest BCUT2D eigenvalue weighted by Crippen LogP contribution is -2.19. The summed E-state index contributed by atoms with van der Waals surface area (Å²) in [6, 6.07) is 4.18. The molecule has 0 aromatic carbocycles. The lowest BCUT2D eigenvalue weighted by atomic mass is 10.2. The highest BCUT2D eigenvalue weighted by Crippen LogP contribution is 2.09. The van der Waals surface area contributed by atoms with Crippen LogP contribution in [0.25, 0.3) is 0 Å². The molecule has 2 unspecified atom stereocenters. The third-order valence-corrected chi connectivity index (χ3v) is 2.05. The second-order valence-corrected chi connectivity index (χ2v) is 4.37. The summed E-state index contributed by atoms with van der Waals surface area (Å²) in [5.41, 5.74) is 0.925. The highest BCUT2D eigenvalue weighted by Gasteiger charge is 2.06. The summed E-state index contributed by atoms with van der Waals surface area (Å²) in [6.45, 7) is 5.99. The van der Waals surface area contributed by atoms with Crippen molar-refractivity contribution in [3.8, 4) is 0 Å². The van der Waals surface area contributed by atoms with Crippen LogP contribution >= 0.6 is 11.6 Å². The van der Waals surface area contributed by atoms with Gasteiger partial charge in [0.15, 0.2) is 0 Å². The van der Waals surface area contributed by atoms with Gasteiger partial charge in [-0.2, -0.15) is 5.10 Å². The predicted octanol–water partition coefficient (Wildman–Crippen LogP) is 2.60. The SMILES string of the molecule is Cc1ccc(NC(C)CC(C)Cl)nn1. The van der Waals surface area contributed by atoms with Gasteiger partial charge in [-0.05, 0) is 39.3 Å². The van der Waals surface area contributed by atoms with Crippen molar-refractivity contribution in [3.05, 3.63) is 17.8 Å². The number of alkyl halides is 1. The molecule has 4 heteroatoms. The molecule has 0 aliphatic heterocycles. The average Bonchev–Trinajstić information content (AvgIpc) is 2.07. The lowest BCUT2D eigenvalue weighted by Gasteiger charge is -2.14. The summed E-state index contributed by atoms with van der Waals surface area (Å²) >= 11 is 5.89. The maximum atomic E-state index is 5.89. The Morgan fingerprint density at radius 2 is 2.07 bits per heavy atom. The quantitative estimate of drug-likeness (QED) is 0.782. The average molecular weight is 214 g/mol. The number of nitrogens with one attached hydrogen (secondary N) is 1. The summed E-state index contributed by atoms with van der Waals surface area (Å²) in [5.74, 6) is 0.806. The second-order valence-electron chi connectivity index (χ2n) is 3.62. The molecular formula is C10H16ClN3. The molecule has 0 amide bonds. The van der Waals surface area contributed by atoms with Gasteiger partial charge in [0, 0.05) is 11.4 Å². The molecule has 2 atom stereocenters. The molecule has 0 aliphatic carbocycles. The van der Waals surface area contributed by atoms with Gasteiger partial charge in [0.1, 0.15) is 5.82 Å². The summed E-state index contributed by atoms with van der Waals surface area (Å²) < 4.78 is 0. The van der Waals surface area contributed by atoms with E-state index < -0.39 is 0 Å². The molecule has 1 N–H and O–H groups in total. The Labute approximate surface area is 89.9 Å². The topological polar surface area (TPSA) is 37.8 Å². The van der Waals surface area contributed by atoms with Crippen LogP contribution in [0.5, 0.6) is 0 Å². The molecule has 1 heterocycles. The maximum Gasteiger partial charge on any atom is 0.148 e. The van der Waals surface area contributed by atoms with Crippen molar-refractivity contribution in [3.63, 3.8) is 0 Å². The van der Waals surface area contributed by atoms with Gasteiger partial charge in [-0.1, -0.05) is 0 Å². The second kappa shape index (κ2) is 5.15. The van der Waals surface area contributed by atoms with Crippen molar-refractivity contribution >= 4 is 17.4 Å². The number of hydrogen-bond donors (Lipinski definition) is 1. The molecule has 14 heavy (non-hydrogen) atoms. The van der Waals surface area contributed by atoms with E-state index in [0.29, 0.717) is 6.04 Å². The van der Waals surface area contributed by atoms with Gasteiger partial charge in [-0.25, -0.2) is 0 Å². The van der Waals surface area contributed by atoms with Crippen LogP contribution in [-0.4, -0.2) is 21.6 Å². The first kappa shape index (κ1) is 11.2. The first-order valence-electron chi connectivity index (χ1n) is 4.79. The van der Waals surface area contributed by atoms with Crippen LogP contribution < -0.4 is 5.32 Å². The number of halogens is 1. The van der Waals surface area contributed by atoms with Gasteiger partial charge in [-0.3, -0.25) is 0 Å². The van der Waals surface area contributed by atoms with Crippen molar-refractivity contribution in [1.29, 1.82) is 0 Å². The summed E-state index contributed by atoms with van der Waals surface area (Å²) in [5, 5.41) is 11.4. The number of aromatic nitrogens is 2. The van der Waals surface area contributed by atoms with Crippen molar-refractivity contribution in [2.75, 3.05) is 5.32 Å². The van der Waals surface area contributed by atoms with Crippen LogP contribution in [0.1, 0.15) is 26.0 Å². The number of nitrogens with zero attached hydrogens (tertiary/aromatic N) is 2. The number of rotatable bonds is 4. The van der Waals surface area contributed by atoms with Crippen LogP contribution in [0.2, 0.25) is 0 Å². The van der Waals surface area contributed by atoms with Gasteiger partial charge in [0.25, 0.3) is 0 Å². The normalized spacial score (nSPS) is 14.9. The Balaban J connectivity index is 2.47. The van der Waals surface area contributed by atoms with Crippen LogP contribution in [0.15, 0.2) is 12.1 Å². The summed E-state index contributed by atoms with van der Waals surface area (Å²) in [4.78, 5) is 0. The van der Waals surface area contributed by atoms with E-state index in [9.17, 15) is 0 Å². The summed E-state index contributed by atoms with van der Waals surface area (Å²) in [6.07, 6.45) is 0.914. The van der Waals surface area contributed by atoms with E-state index in [1.807, 2.05) is 26.0 Å². The molecule has 1 aromatic rings. The van der Waals surface area contributed by atoms with E-state index in [1.165, 1.54) is 0 Å². The smallest absolute Gasteiger partial charge is 0.148 e. The highest BCUT2D eigenvalue weighted by molar-refractivity contribution is 6.20. The van der Waals surface area contributed by atoms with Crippen molar-refractivity contribution in [2.45, 2.75) is 38.6 Å². The Bertz CT molecular complexity index is 271. The van der Waals surface area contributed by atoms with Gasteiger partial charge in [0.05, 0.1) is 5.69 Å². The minimum atomic E-state index is 0.177. The fourth-order valence-corrected chi connectivity index (χ4v) is 1.54. The van der Waals surface area contributed by atoms with Crippen molar-refractivity contribution < 1.29 is 0 Å². The molecule has 0 spiro atoms. The minimum absolute atomic E-state index is 0.177. The van der Waals surface area contributed by atoms with E-state index in [1.54, 1.807) is 0 Å². The van der Waals surface area contributed by atoms with Gasteiger partial charge in [0.2, 0.25) is 0 Å². The standard InChI is InChI=1S/C10H16ClN3/c1-7(11)6-9(3)12-10-5-4-8(2)13-14-10/h4-5,7,9H,6H2,1-3H3,(H,12,14). The van der Waals surface area contributed by atoms with Crippen molar-refractivity contribution in [1.82, 2.24) is 10.2 Å². The van der Waals surface area contributed by atoms with E-state index in [-0.39, 0.29) is 5.38 Å². The van der Waals surface area contributed by atoms with E-state index in [4.69, 9.17) is 11.6 Å². The van der Waals surface area contributed by atoms with Crippen LogP contribution in [-0.2, 0) is 0 Å². The molecule has 0 saturated carbocycles. The van der Waals surface area contributed by atoms with Crippen LogP contribution in [0, 0.1) is 6.92 Å². The zero-order valence-corrected chi connectivity index (χ0v) is 9.54. The molecule has 0 fully saturated rings. The zero-order valence-electron chi connectivity index (χ0n) is 8.79. The van der Waals surface area contributed by atoms with Crippen LogP contribution in [0.4, 0.5) is 5.82 Å². The minimum Gasteiger partial charge on any atom is -0.366 e. The fourth-order valence-electron chi connectivity index (χ4n) is 1.27. The number of hydrogen-bond acceptors (Lipinski definition) is 3. The molecular weight excluding hydrogens is 198 g/mol. The molecule has 0 radical (unpaired) electrons. The molecule has 0 saturated heterocycles. The Morgan fingerprint density at radius 1 is 1.36 bits per heavy atom. The largest absolute Gasteiger partial charge is 0.366 e. The van der Waals surface area contributed by atoms with E-state index in [0.717, 1.165) is 17.9 Å². The van der Waals surface area contributed by atoms with Crippen LogP contribution in [0.3, 0.4) is 0 Å².